The van der Waals surface area contributed by atoms with Gasteiger partial charge in [0.1, 0.15) is 29.4 Å². The van der Waals surface area contributed by atoms with Gasteiger partial charge >= 0.3 is 18.4 Å². The van der Waals surface area contributed by atoms with Gasteiger partial charge in [0, 0.05) is 24.2 Å². The van der Waals surface area contributed by atoms with Crippen LogP contribution in [0.15, 0.2) is 30.6 Å². The number of nitrogens with zero attached hydrogens (tertiary/aromatic N) is 4. The molecule has 14 nitrogen and oxygen atoms in total. The molecule has 3 aromatic rings. The van der Waals surface area contributed by atoms with Crippen LogP contribution in [0.3, 0.4) is 0 Å². The van der Waals surface area contributed by atoms with E-state index in [2.05, 4.69) is 42.4 Å². The average molecular weight is 783 g/mol. The van der Waals surface area contributed by atoms with E-state index in [9.17, 15) is 32.3 Å². The van der Waals surface area contributed by atoms with E-state index in [1.807, 2.05) is 27.7 Å². The Balaban J connectivity index is 1.37. The number of alkyl carbamates (subject to hydrolysis) is 2. The second-order valence-corrected chi connectivity index (χ2v) is 15.3. The molecular formula is C39H49F3N8O6. The van der Waals surface area contributed by atoms with E-state index >= 15 is 0 Å². The van der Waals surface area contributed by atoms with Crippen molar-refractivity contribution in [3.8, 4) is 23.1 Å². The minimum absolute atomic E-state index is 0.0775. The quantitative estimate of drug-likeness (QED) is 0.197. The summed E-state index contributed by atoms with van der Waals surface area (Å²) in [4.78, 5) is 69.5. The van der Waals surface area contributed by atoms with Crippen LogP contribution in [-0.4, -0.2) is 93.1 Å². The van der Waals surface area contributed by atoms with E-state index < -0.39 is 48.1 Å². The number of halogens is 3. The molecule has 2 fully saturated rings. The largest absolute Gasteiger partial charge is 0.453 e. The summed E-state index contributed by atoms with van der Waals surface area (Å²) in [5.74, 6) is 5.62. The molecule has 0 bridgehead atoms. The van der Waals surface area contributed by atoms with Crippen molar-refractivity contribution < 1.29 is 41.8 Å². The monoisotopic (exact) mass is 782 g/mol. The molecule has 1 aromatic carbocycles. The number of benzene rings is 1. The Morgan fingerprint density at radius 3 is 1.79 bits per heavy atom. The fourth-order valence-corrected chi connectivity index (χ4v) is 7.30. The van der Waals surface area contributed by atoms with Gasteiger partial charge in [0.2, 0.25) is 11.8 Å². The lowest BCUT2D eigenvalue weighted by Gasteiger charge is -2.30. The van der Waals surface area contributed by atoms with E-state index in [1.54, 1.807) is 23.6 Å². The van der Waals surface area contributed by atoms with Gasteiger partial charge in [-0.1, -0.05) is 53.5 Å². The summed E-state index contributed by atoms with van der Waals surface area (Å²) in [6.45, 7) is 12.0. The summed E-state index contributed by atoms with van der Waals surface area (Å²) >= 11 is 0. The SMILES string of the molecule is COC(=O)NC(C(=O)N1C[C@@H](C)C[C@H]1c1ncc(C#Cc2ccc(-c3cnc([C@@H]4C[C@H](C)CN4C(=O)C(NC(=O)OC)C(C)C)[nH]3)c(C(F)(F)F)c2)[nH]1)C(C)C. The van der Waals surface area contributed by atoms with Crippen LogP contribution in [0.25, 0.3) is 11.3 Å². The molecule has 4 N–H and O–H groups in total. The standard InChI is InChI=1S/C39H49F3N8O6/c1-20(2)31(47-37(53)55-7)35(51)49-18-22(5)13-29(49)33-43-16-25(45-33)11-9-24-10-12-26(27(15-24)39(40,41)42)28-17-44-34(46-28)30-14-23(6)19-50(30)36(52)32(21(3)4)48-38(54)56-8/h10,12,15-17,20-23,29-32H,13-14,18-19H2,1-8H3,(H,43,45)(H,44,46)(H,47,53)(H,48,54)/t22-,23-,29-,30-,31?,32?/m0/s1. The Kier molecular flexibility index (Phi) is 12.7. The van der Waals surface area contributed by atoms with E-state index in [4.69, 9.17) is 9.47 Å². The predicted molar refractivity (Wildman–Crippen MR) is 198 cm³/mol. The van der Waals surface area contributed by atoms with Gasteiger partial charge in [-0.3, -0.25) is 9.59 Å². The normalized spacial score (nSPS) is 20.7. The van der Waals surface area contributed by atoms with Gasteiger partial charge in [0.25, 0.3) is 0 Å². The van der Waals surface area contributed by atoms with Crippen LogP contribution >= 0.6 is 0 Å². The molecule has 302 valence electrons. The van der Waals surface area contributed by atoms with Crippen molar-refractivity contribution in [3.63, 3.8) is 0 Å². The lowest BCUT2D eigenvalue weighted by atomic mass is 10.0. The van der Waals surface area contributed by atoms with Crippen molar-refractivity contribution in [3.05, 3.63) is 59.1 Å². The van der Waals surface area contributed by atoms with Gasteiger partial charge in [0.15, 0.2) is 0 Å². The highest BCUT2D eigenvalue weighted by atomic mass is 19.4. The molecule has 0 spiro atoms. The number of amides is 4. The van der Waals surface area contributed by atoms with Crippen molar-refractivity contribution in [1.82, 2.24) is 40.4 Å². The number of likely N-dealkylation sites (tertiary alicyclic amines) is 2. The summed E-state index contributed by atoms with van der Waals surface area (Å²) in [6, 6.07) is 1.13. The molecular weight excluding hydrogens is 733 g/mol. The number of aromatic amines is 2. The van der Waals surface area contributed by atoms with E-state index in [1.165, 1.54) is 38.7 Å². The van der Waals surface area contributed by atoms with Crippen molar-refractivity contribution in [2.75, 3.05) is 27.3 Å². The van der Waals surface area contributed by atoms with Gasteiger partial charge in [-0.05, 0) is 54.6 Å². The number of hydrogen-bond acceptors (Lipinski definition) is 8. The van der Waals surface area contributed by atoms with Crippen LogP contribution in [-0.2, 0) is 25.2 Å². The highest BCUT2D eigenvalue weighted by Gasteiger charge is 2.42. The summed E-state index contributed by atoms with van der Waals surface area (Å²) < 4.78 is 53.1. The number of hydrogen-bond donors (Lipinski definition) is 4. The highest BCUT2D eigenvalue weighted by molar-refractivity contribution is 5.87. The maximum absolute atomic E-state index is 14.5. The molecule has 2 saturated heterocycles. The van der Waals surface area contributed by atoms with Crippen LogP contribution in [0.4, 0.5) is 22.8 Å². The van der Waals surface area contributed by atoms with Gasteiger partial charge in [0.05, 0.1) is 50.0 Å². The number of carbonyl (C=O) groups is 4. The smallest absolute Gasteiger partial charge is 0.417 e. The molecule has 2 aliphatic rings. The van der Waals surface area contributed by atoms with Gasteiger partial charge < -0.3 is 39.9 Å². The van der Waals surface area contributed by atoms with Crippen molar-refractivity contribution in [2.24, 2.45) is 23.7 Å². The number of rotatable bonds is 9. The molecule has 6 atom stereocenters. The maximum Gasteiger partial charge on any atom is 0.417 e. The topological polar surface area (TPSA) is 175 Å². The molecule has 5 rings (SSSR count). The second-order valence-electron chi connectivity index (χ2n) is 15.3. The number of carbonyl (C=O) groups excluding carboxylic acids is 4. The Labute approximate surface area is 323 Å². The second kappa shape index (κ2) is 17.1. The third-order valence-electron chi connectivity index (χ3n) is 10.1. The predicted octanol–water partition coefficient (Wildman–Crippen LogP) is 5.80. The molecule has 56 heavy (non-hydrogen) atoms. The van der Waals surface area contributed by atoms with Crippen molar-refractivity contribution >= 4 is 24.0 Å². The third kappa shape index (κ3) is 9.28. The Bertz CT molecular complexity index is 1980. The number of alkyl halides is 3. The summed E-state index contributed by atoms with van der Waals surface area (Å²) in [6.07, 6.45) is -2.26. The first-order valence-electron chi connectivity index (χ1n) is 18.5. The molecule has 17 heteroatoms. The zero-order valence-electron chi connectivity index (χ0n) is 32.7. The van der Waals surface area contributed by atoms with Crippen LogP contribution in [0, 0.1) is 35.5 Å². The van der Waals surface area contributed by atoms with E-state index in [0.717, 1.165) is 6.07 Å². The number of imidazole rings is 2. The molecule has 4 heterocycles. The first-order valence-corrected chi connectivity index (χ1v) is 18.5. The molecule has 0 aliphatic carbocycles. The minimum Gasteiger partial charge on any atom is -0.453 e. The number of ether oxygens (including phenoxy) is 2. The molecule has 2 unspecified atom stereocenters. The Hall–Kier alpha value is -5.53. The minimum atomic E-state index is -4.74. The molecule has 4 amide bonds. The first kappa shape index (κ1) is 41.6. The zero-order chi connectivity index (χ0) is 41.1. The highest BCUT2D eigenvalue weighted by Crippen LogP contribution is 2.40. The zero-order valence-corrected chi connectivity index (χ0v) is 32.7. The Morgan fingerprint density at radius 1 is 0.804 bits per heavy atom. The van der Waals surface area contributed by atoms with Crippen LogP contribution in [0.5, 0.6) is 0 Å². The number of methoxy groups -OCH3 is 2. The lowest BCUT2D eigenvalue weighted by Crippen LogP contribution is -2.51. The number of nitrogens with one attached hydrogen (secondary N) is 4. The molecule has 0 radical (unpaired) electrons. The summed E-state index contributed by atoms with van der Waals surface area (Å²) in [5.41, 5.74) is -0.479. The van der Waals surface area contributed by atoms with Crippen LogP contribution in [0.2, 0.25) is 0 Å². The van der Waals surface area contributed by atoms with Crippen LogP contribution in [0.1, 0.15) is 94.9 Å². The third-order valence-corrected chi connectivity index (χ3v) is 10.1. The average Bonchev–Trinajstić information content (AvgIpc) is 3.97. The molecule has 0 saturated carbocycles. The molecule has 2 aromatic heterocycles. The fraction of sp³-hybridized carbons (Fsp3) is 0.538. The van der Waals surface area contributed by atoms with Crippen molar-refractivity contribution in [1.29, 1.82) is 0 Å². The van der Waals surface area contributed by atoms with Crippen LogP contribution < -0.4 is 10.6 Å². The fourth-order valence-electron chi connectivity index (χ4n) is 7.30. The van der Waals surface area contributed by atoms with Crippen molar-refractivity contribution in [2.45, 2.75) is 84.7 Å². The van der Waals surface area contributed by atoms with Gasteiger partial charge in [-0.15, -0.1) is 0 Å². The molecule has 2 aliphatic heterocycles. The number of aromatic nitrogens is 4. The van der Waals surface area contributed by atoms with Gasteiger partial charge in [-0.2, -0.15) is 13.2 Å². The maximum atomic E-state index is 14.5. The summed E-state index contributed by atoms with van der Waals surface area (Å²) in [7, 11) is 2.44. The van der Waals surface area contributed by atoms with E-state index in [-0.39, 0.29) is 52.3 Å². The lowest BCUT2D eigenvalue weighted by molar-refractivity contribution is -0.137. The number of H-pyrrole nitrogens is 2. The van der Waals surface area contributed by atoms with Gasteiger partial charge in [-0.25, -0.2) is 19.6 Å². The first-order chi connectivity index (χ1) is 26.4. The Morgan fingerprint density at radius 2 is 1.30 bits per heavy atom. The summed E-state index contributed by atoms with van der Waals surface area (Å²) in [5, 5.41) is 5.21. The van der Waals surface area contributed by atoms with E-state index in [0.29, 0.717) is 43.3 Å².